The van der Waals surface area contributed by atoms with Crippen LogP contribution < -0.4 is 4.72 Å². The molecule has 0 unspecified atom stereocenters. The summed E-state index contributed by atoms with van der Waals surface area (Å²) in [5, 5.41) is 0. The third kappa shape index (κ3) is 6.97. The molecule has 20 heavy (non-hydrogen) atoms. The third-order valence-corrected chi connectivity index (χ3v) is 4.12. The summed E-state index contributed by atoms with van der Waals surface area (Å²) in [6.07, 6.45) is 0. The number of rotatable bonds is 5. The second-order valence-electron chi connectivity index (χ2n) is 5.52. The van der Waals surface area contributed by atoms with Gasteiger partial charge < -0.3 is 9.29 Å². The van der Waals surface area contributed by atoms with Crippen molar-refractivity contribution in [1.29, 1.82) is 0 Å². The molecule has 0 fully saturated rings. The van der Waals surface area contributed by atoms with Crippen molar-refractivity contribution in [2.24, 2.45) is 0 Å². The van der Waals surface area contributed by atoms with Gasteiger partial charge in [-0.05, 0) is 33.3 Å². The van der Waals surface area contributed by atoms with Crippen LogP contribution in [0.15, 0.2) is 30.3 Å². The predicted molar refractivity (Wildman–Crippen MR) is 84.4 cm³/mol. The van der Waals surface area contributed by atoms with Crippen molar-refractivity contribution in [3.63, 3.8) is 0 Å². The fourth-order valence-corrected chi connectivity index (χ4v) is 2.09. The highest BCUT2D eigenvalue weighted by atomic mass is 32.2. The van der Waals surface area contributed by atoms with Crippen LogP contribution in [-0.2, 0) is 22.7 Å². The summed E-state index contributed by atoms with van der Waals surface area (Å²) >= 11 is -1.10. The second kappa shape index (κ2) is 8.33. The highest BCUT2D eigenvalue weighted by Crippen LogP contribution is 2.13. The first kappa shape index (κ1) is 17.1. The second-order valence-corrected chi connectivity index (χ2v) is 7.52. The average molecular weight is 293 g/mol. The van der Waals surface area contributed by atoms with Gasteiger partial charge in [-0.2, -0.15) is 0 Å². The Morgan fingerprint density at radius 3 is 2.55 bits per heavy atom. The van der Waals surface area contributed by atoms with Crippen LogP contribution in [0.1, 0.15) is 33.3 Å². The molecule has 1 N–H and O–H groups in total. The molecule has 0 saturated heterocycles. The smallest absolute Gasteiger partial charge is 0.136 e. The molecular formula is C16H23NO2S. The van der Waals surface area contributed by atoms with Gasteiger partial charge >= 0.3 is 0 Å². The molecule has 0 bridgehead atoms. The van der Waals surface area contributed by atoms with Crippen LogP contribution in [0.25, 0.3) is 0 Å². The van der Waals surface area contributed by atoms with Crippen molar-refractivity contribution in [1.82, 2.24) is 4.72 Å². The summed E-state index contributed by atoms with van der Waals surface area (Å²) in [5.74, 6) is 5.94. The maximum atomic E-state index is 11.8. The molecule has 1 aromatic carbocycles. The van der Waals surface area contributed by atoms with Gasteiger partial charge in [-0.1, -0.05) is 42.2 Å². The van der Waals surface area contributed by atoms with E-state index in [0.29, 0.717) is 13.2 Å². The molecule has 0 aromatic heterocycles. The molecule has 0 spiro atoms. The van der Waals surface area contributed by atoms with Gasteiger partial charge in [-0.15, -0.1) is 4.72 Å². The zero-order chi connectivity index (χ0) is 15.0. The molecule has 1 rings (SSSR count). The molecule has 2 atom stereocenters. The van der Waals surface area contributed by atoms with E-state index in [0.717, 1.165) is 5.56 Å². The van der Waals surface area contributed by atoms with Gasteiger partial charge in [0, 0.05) is 11.4 Å². The summed E-state index contributed by atoms with van der Waals surface area (Å²) in [7, 11) is 0. The van der Waals surface area contributed by atoms with Crippen molar-refractivity contribution in [3.8, 4) is 11.8 Å². The van der Waals surface area contributed by atoms with Crippen molar-refractivity contribution in [2.75, 3.05) is 6.61 Å². The van der Waals surface area contributed by atoms with Gasteiger partial charge in [0.1, 0.15) is 17.4 Å². The van der Waals surface area contributed by atoms with Gasteiger partial charge in [-0.25, -0.2) is 0 Å². The maximum Gasteiger partial charge on any atom is 0.136 e. The van der Waals surface area contributed by atoms with Gasteiger partial charge in [-0.3, -0.25) is 0 Å². The van der Waals surface area contributed by atoms with E-state index in [4.69, 9.17) is 4.74 Å². The molecule has 0 radical (unpaired) electrons. The Morgan fingerprint density at radius 2 is 1.95 bits per heavy atom. The first-order chi connectivity index (χ1) is 9.39. The van der Waals surface area contributed by atoms with Gasteiger partial charge in [0.05, 0.1) is 6.61 Å². The summed E-state index contributed by atoms with van der Waals surface area (Å²) in [6, 6.07) is 9.87. The monoisotopic (exact) mass is 293 g/mol. The van der Waals surface area contributed by atoms with E-state index in [1.807, 2.05) is 58.0 Å². The molecule has 0 aliphatic rings. The van der Waals surface area contributed by atoms with Crippen LogP contribution in [0.2, 0.25) is 0 Å². The highest BCUT2D eigenvalue weighted by Gasteiger charge is 2.27. The summed E-state index contributed by atoms with van der Waals surface area (Å²) in [6.45, 7) is 8.62. The minimum Gasteiger partial charge on any atom is -0.598 e. The molecular weight excluding hydrogens is 270 g/mol. The van der Waals surface area contributed by atoms with E-state index in [1.54, 1.807) is 0 Å². The number of hydrogen-bond donors (Lipinski definition) is 1. The largest absolute Gasteiger partial charge is 0.598 e. The van der Waals surface area contributed by atoms with E-state index in [1.165, 1.54) is 0 Å². The fourth-order valence-electron chi connectivity index (χ4n) is 1.36. The number of benzene rings is 1. The summed E-state index contributed by atoms with van der Waals surface area (Å²) in [5.41, 5.74) is 1.13. The minimum absolute atomic E-state index is 0.115. The lowest BCUT2D eigenvalue weighted by Crippen LogP contribution is -2.43. The Morgan fingerprint density at radius 1 is 1.30 bits per heavy atom. The Hall–Kier alpha value is -0.990. The molecule has 3 nitrogen and oxygen atoms in total. The van der Waals surface area contributed by atoms with Gasteiger partial charge in [0.15, 0.2) is 0 Å². The van der Waals surface area contributed by atoms with E-state index in [9.17, 15) is 4.55 Å². The van der Waals surface area contributed by atoms with Gasteiger partial charge in [0.25, 0.3) is 0 Å². The molecule has 0 heterocycles. The Kier molecular flexibility index (Phi) is 7.11. The molecule has 0 aliphatic carbocycles. The first-order valence-corrected chi connectivity index (χ1v) is 7.82. The summed E-state index contributed by atoms with van der Waals surface area (Å²) < 4.78 is 20.0. The van der Waals surface area contributed by atoms with Crippen molar-refractivity contribution in [2.45, 2.75) is 45.1 Å². The SMILES string of the molecule is C[C@H](C#CCOCc1ccccc1)N[S@+]([O-])C(C)(C)C. The van der Waals surface area contributed by atoms with Crippen LogP contribution >= 0.6 is 0 Å². The maximum absolute atomic E-state index is 11.8. The lowest BCUT2D eigenvalue weighted by atomic mass is 10.2. The zero-order valence-electron chi connectivity index (χ0n) is 12.6. The van der Waals surface area contributed by atoms with Crippen LogP contribution in [0.5, 0.6) is 0 Å². The van der Waals surface area contributed by atoms with Crippen LogP contribution in [0.3, 0.4) is 0 Å². The van der Waals surface area contributed by atoms with Crippen LogP contribution in [-0.4, -0.2) is 21.9 Å². The van der Waals surface area contributed by atoms with Crippen molar-refractivity contribution < 1.29 is 9.29 Å². The van der Waals surface area contributed by atoms with E-state index >= 15 is 0 Å². The summed E-state index contributed by atoms with van der Waals surface area (Å²) in [4.78, 5) is 0. The van der Waals surface area contributed by atoms with E-state index < -0.39 is 11.4 Å². The Balaban J connectivity index is 2.25. The topological polar surface area (TPSA) is 44.3 Å². The lowest BCUT2D eigenvalue weighted by molar-refractivity contribution is 0.153. The third-order valence-electron chi connectivity index (χ3n) is 2.44. The molecule has 4 heteroatoms. The molecule has 110 valence electrons. The predicted octanol–water partition coefficient (Wildman–Crippen LogP) is 2.65. The standard InChI is InChI=1S/C16H23NO2S/c1-14(17-20(18)16(2,3)4)9-8-12-19-13-15-10-6-5-7-11-15/h5-7,10-11,14,17H,12-13H2,1-4H3/t14-,20-/m1/s1. The van der Waals surface area contributed by atoms with Gasteiger partial charge in [0.2, 0.25) is 0 Å². The first-order valence-electron chi connectivity index (χ1n) is 6.67. The molecule has 0 amide bonds. The normalized spacial score (nSPS) is 14.2. The quantitative estimate of drug-likeness (QED) is 0.516. The van der Waals surface area contributed by atoms with E-state index in [2.05, 4.69) is 16.6 Å². The Bertz CT molecular complexity index is 445. The van der Waals surface area contributed by atoms with E-state index in [-0.39, 0.29) is 10.8 Å². The minimum atomic E-state index is -1.10. The number of ether oxygens (including phenoxy) is 1. The number of nitrogens with one attached hydrogen (secondary N) is 1. The fraction of sp³-hybridized carbons (Fsp3) is 0.500. The zero-order valence-corrected chi connectivity index (χ0v) is 13.4. The van der Waals surface area contributed by atoms with Crippen LogP contribution in [0, 0.1) is 11.8 Å². The molecule has 1 aromatic rings. The molecule has 0 saturated carbocycles. The highest BCUT2D eigenvalue weighted by molar-refractivity contribution is 7.90. The average Bonchev–Trinajstić information content (AvgIpc) is 2.38. The number of hydrogen-bond acceptors (Lipinski definition) is 3. The van der Waals surface area contributed by atoms with Crippen molar-refractivity contribution in [3.05, 3.63) is 35.9 Å². The lowest BCUT2D eigenvalue weighted by Gasteiger charge is -2.24. The molecule has 0 aliphatic heterocycles. The van der Waals surface area contributed by atoms with Crippen LogP contribution in [0.4, 0.5) is 0 Å². The Labute approximate surface area is 125 Å². The van der Waals surface area contributed by atoms with Crippen molar-refractivity contribution >= 4 is 11.4 Å².